The van der Waals surface area contributed by atoms with Crippen LogP contribution in [0.5, 0.6) is 5.75 Å². The summed E-state index contributed by atoms with van der Waals surface area (Å²) < 4.78 is 0. The maximum Gasteiger partial charge on any atom is 0.239 e. The predicted octanol–water partition coefficient (Wildman–Crippen LogP) is 1.04. The highest BCUT2D eigenvalue weighted by atomic mass is 16.3. The van der Waals surface area contributed by atoms with Crippen molar-refractivity contribution >= 4 is 17.5 Å². The largest absolute Gasteiger partial charge is 0.506 e. The zero-order valence-corrected chi connectivity index (χ0v) is 16.8. The van der Waals surface area contributed by atoms with E-state index in [4.69, 9.17) is 0 Å². The topological polar surface area (TPSA) is 76.0 Å². The monoisotopic (exact) mass is 396 g/mol. The van der Waals surface area contributed by atoms with Gasteiger partial charge in [0, 0.05) is 64.8 Å². The van der Waals surface area contributed by atoms with Crippen molar-refractivity contribution < 1.29 is 9.90 Å². The lowest BCUT2D eigenvalue weighted by Crippen LogP contribution is -2.57. The number of benzene rings is 1. The zero-order chi connectivity index (χ0) is 20.2. The molecule has 2 saturated heterocycles. The normalized spacial score (nSPS) is 19.3. The van der Waals surface area contributed by atoms with Crippen molar-refractivity contribution in [1.82, 2.24) is 19.8 Å². The molecule has 2 aliphatic rings. The Kier molecular flexibility index (Phi) is 5.80. The second-order valence-electron chi connectivity index (χ2n) is 7.55. The maximum absolute atomic E-state index is 13.0. The Bertz CT molecular complexity index is 817. The molecule has 2 aromatic rings. The van der Waals surface area contributed by atoms with E-state index in [9.17, 15) is 9.90 Å². The number of aromatic nitrogens is 2. The molecule has 1 aromatic carbocycles. The van der Waals surface area contributed by atoms with Crippen molar-refractivity contribution in [3.8, 4) is 5.75 Å². The number of carbonyl (C=O) groups excluding carboxylic acids is 1. The summed E-state index contributed by atoms with van der Waals surface area (Å²) in [5.74, 6) is 1.23. The lowest BCUT2D eigenvalue weighted by molar-refractivity contribution is -0.136. The molecule has 2 fully saturated rings. The van der Waals surface area contributed by atoms with Gasteiger partial charge in [-0.1, -0.05) is 12.1 Å². The SMILES string of the molecule is CC(C(=O)N1CCN(c2ncccn2)CC1)N1CCN(c2ccccc2O)CC1. The van der Waals surface area contributed by atoms with Crippen LogP contribution in [0.2, 0.25) is 0 Å². The van der Waals surface area contributed by atoms with Gasteiger partial charge in [0.1, 0.15) is 5.75 Å². The van der Waals surface area contributed by atoms with Gasteiger partial charge in [-0.2, -0.15) is 0 Å². The standard InChI is InChI=1S/C21H28N6O2/c1-17(24-9-11-25(12-10-24)18-5-2-3-6-19(18)28)20(29)26-13-15-27(16-14-26)21-22-7-4-8-23-21/h2-8,17,28H,9-16H2,1H3. The first-order valence-electron chi connectivity index (χ1n) is 10.2. The molecule has 2 aliphatic heterocycles. The summed E-state index contributed by atoms with van der Waals surface area (Å²) in [7, 11) is 0. The molecule has 154 valence electrons. The minimum absolute atomic E-state index is 0.138. The van der Waals surface area contributed by atoms with Gasteiger partial charge in [0.15, 0.2) is 0 Å². The summed E-state index contributed by atoms with van der Waals surface area (Å²) in [5, 5.41) is 10.1. The molecule has 4 rings (SSSR count). The number of aromatic hydroxyl groups is 1. The molecule has 0 bridgehead atoms. The van der Waals surface area contributed by atoms with Gasteiger partial charge < -0.3 is 19.8 Å². The molecule has 1 N–H and O–H groups in total. The number of nitrogens with zero attached hydrogens (tertiary/aromatic N) is 6. The summed E-state index contributed by atoms with van der Waals surface area (Å²) in [5.41, 5.74) is 0.866. The van der Waals surface area contributed by atoms with Crippen LogP contribution in [0.1, 0.15) is 6.92 Å². The second-order valence-corrected chi connectivity index (χ2v) is 7.55. The Hall–Kier alpha value is -2.87. The van der Waals surface area contributed by atoms with Gasteiger partial charge in [0.05, 0.1) is 11.7 Å². The average Bonchev–Trinajstić information content (AvgIpc) is 2.79. The van der Waals surface area contributed by atoms with E-state index in [0.29, 0.717) is 18.8 Å². The first-order chi connectivity index (χ1) is 14.1. The second kappa shape index (κ2) is 8.65. The number of rotatable bonds is 4. The highest BCUT2D eigenvalue weighted by molar-refractivity contribution is 5.81. The van der Waals surface area contributed by atoms with Gasteiger partial charge in [0.2, 0.25) is 11.9 Å². The highest BCUT2D eigenvalue weighted by Crippen LogP contribution is 2.27. The lowest BCUT2D eigenvalue weighted by Gasteiger charge is -2.41. The summed E-state index contributed by atoms with van der Waals surface area (Å²) in [6.07, 6.45) is 3.49. The summed E-state index contributed by atoms with van der Waals surface area (Å²) in [4.78, 5) is 30.1. The lowest BCUT2D eigenvalue weighted by atomic mass is 10.1. The molecule has 8 heteroatoms. The quantitative estimate of drug-likeness (QED) is 0.828. The van der Waals surface area contributed by atoms with Crippen LogP contribution in [0.4, 0.5) is 11.6 Å². The van der Waals surface area contributed by atoms with Crippen LogP contribution in [0.15, 0.2) is 42.7 Å². The first kappa shape index (κ1) is 19.4. The molecule has 29 heavy (non-hydrogen) atoms. The molecule has 0 spiro atoms. The molecule has 1 amide bonds. The Morgan fingerprint density at radius 1 is 0.897 bits per heavy atom. The van der Waals surface area contributed by atoms with Crippen LogP contribution in [-0.2, 0) is 4.79 Å². The van der Waals surface area contributed by atoms with E-state index in [1.54, 1.807) is 18.5 Å². The molecular formula is C21H28N6O2. The molecule has 0 radical (unpaired) electrons. The molecule has 8 nitrogen and oxygen atoms in total. The Morgan fingerprint density at radius 2 is 1.52 bits per heavy atom. The Morgan fingerprint density at radius 3 is 2.17 bits per heavy atom. The number of amides is 1. The van der Waals surface area contributed by atoms with Crippen molar-refractivity contribution in [3.05, 3.63) is 42.7 Å². The van der Waals surface area contributed by atoms with Crippen LogP contribution in [0.25, 0.3) is 0 Å². The molecule has 0 aliphatic carbocycles. The number of hydrogen-bond donors (Lipinski definition) is 1. The Balaban J connectivity index is 1.29. The number of para-hydroxylation sites is 2. The highest BCUT2D eigenvalue weighted by Gasteiger charge is 2.31. The fourth-order valence-electron chi connectivity index (χ4n) is 4.08. The average molecular weight is 396 g/mol. The van der Waals surface area contributed by atoms with Gasteiger partial charge in [-0.15, -0.1) is 0 Å². The maximum atomic E-state index is 13.0. The molecular weight excluding hydrogens is 368 g/mol. The van der Waals surface area contributed by atoms with Gasteiger partial charge in [0.25, 0.3) is 0 Å². The smallest absolute Gasteiger partial charge is 0.239 e. The van der Waals surface area contributed by atoms with E-state index in [1.807, 2.05) is 36.1 Å². The summed E-state index contributed by atoms with van der Waals surface area (Å²) >= 11 is 0. The Labute approximate surface area is 171 Å². The van der Waals surface area contributed by atoms with Crippen molar-refractivity contribution in [3.63, 3.8) is 0 Å². The molecule has 1 atom stereocenters. The van der Waals surface area contributed by atoms with E-state index >= 15 is 0 Å². The number of piperazine rings is 2. The van der Waals surface area contributed by atoms with Crippen molar-refractivity contribution in [1.29, 1.82) is 0 Å². The molecule has 3 heterocycles. The van der Waals surface area contributed by atoms with E-state index in [1.165, 1.54) is 0 Å². The zero-order valence-electron chi connectivity index (χ0n) is 16.8. The first-order valence-corrected chi connectivity index (χ1v) is 10.2. The fourth-order valence-corrected chi connectivity index (χ4v) is 4.08. The number of carbonyl (C=O) groups is 1. The summed E-state index contributed by atoms with van der Waals surface area (Å²) in [6.45, 7) is 8.11. The summed E-state index contributed by atoms with van der Waals surface area (Å²) in [6, 6.07) is 9.10. The molecule has 1 aromatic heterocycles. The van der Waals surface area contributed by atoms with Crippen molar-refractivity contribution in [2.75, 3.05) is 62.2 Å². The van der Waals surface area contributed by atoms with Crippen LogP contribution in [0, 0.1) is 0 Å². The van der Waals surface area contributed by atoms with Gasteiger partial charge in [-0.3, -0.25) is 9.69 Å². The number of phenols is 1. The number of hydrogen-bond acceptors (Lipinski definition) is 7. The van der Waals surface area contributed by atoms with Crippen molar-refractivity contribution in [2.45, 2.75) is 13.0 Å². The van der Waals surface area contributed by atoms with Gasteiger partial charge in [-0.05, 0) is 25.1 Å². The van der Waals surface area contributed by atoms with Crippen LogP contribution in [-0.4, -0.2) is 89.2 Å². The third-order valence-corrected chi connectivity index (χ3v) is 5.87. The van der Waals surface area contributed by atoms with E-state index < -0.39 is 0 Å². The van der Waals surface area contributed by atoms with Gasteiger partial charge in [-0.25, -0.2) is 9.97 Å². The minimum atomic E-state index is -0.138. The fraction of sp³-hybridized carbons (Fsp3) is 0.476. The van der Waals surface area contributed by atoms with Crippen LogP contribution >= 0.6 is 0 Å². The molecule has 1 unspecified atom stereocenters. The third-order valence-electron chi connectivity index (χ3n) is 5.87. The molecule has 0 saturated carbocycles. The number of anilines is 2. The third kappa shape index (κ3) is 4.27. The van der Waals surface area contributed by atoms with E-state index in [0.717, 1.165) is 50.9 Å². The number of phenolic OH excluding ortho intramolecular Hbond substituents is 1. The minimum Gasteiger partial charge on any atom is -0.506 e. The van der Waals surface area contributed by atoms with E-state index in [2.05, 4.69) is 24.7 Å². The predicted molar refractivity (Wildman–Crippen MR) is 112 cm³/mol. The van der Waals surface area contributed by atoms with E-state index in [-0.39, 0.29) is 11.9 Å². The van der Waals surface area contributed by atoms with Crippen LogP contribution < -0.4 is 9.80 Å². The van der Waals surface area contributed by atoms with Gasteiger partial charge >= 0.3 is 0 Å². The van der Waals surface area contributed by atoms with Crippen LogP contribution in [0.3, 0.4) is 0 Å². The van der Waals surface area contributed by atoms with Crippen molar-refractivity contribution in [2.24, 2.45) is 0 Å².